The predicted octanol–water partition coefficient (Wildman–Crippen LogP) is 0.137. The third-order valence-electron chi connectivity index (χ3n) is 3.75. The molecule has 3 rings (SSSR count). The molecule has 1 aromatic carbocycles. The van der Waals surface area contributed by atoms with Gasteiger partial charge in [-0.1, -0.05) is 0 Å². The number of rotatable bonds is 3. The number of ether oxygens (including phenoxy) is 2. The van der Waals surface area contributed by atoms with Crippen LogP contribution in [0.4, 0.5) is 0 Å². The fourth-order valence-corrected chi connectivity index (χ4v) is 3.87. The van der Waals surface area contributed by atoms with E-state index >= 15 is 0 Å². The molecule has 1 aromatic rings. The lowest BCUT2D eigenvalue weighted by Gasteiger charge is -2.26. The topological polar surface area (TPSA) is 76.2 Å². The van der Waals surface area contributed by atoms with Gasteiger partial charge in [-0.25, -0.2) is 8.42 Å². The first-order valence-electron chi connectivity index (χ1n) is 7.14. The van der Waals surface area contributed by atoms with Crippen LogP contribution in [0.1, 0.15) is 10.4 Å². The minimum Gasteiger partial charge on any atom is -0.379 e. The molecule has 2 aliphatic rings. The molecule has 0 radical (unpaired) electrons. The summed E-state index contributed by atoms with van der Waals surface area (Å²) in [6, 6.07) is 6.06. The van der Waals surface area contributed by atoms with E-state index in [9.17, 15) is 13.2 Å². The fourth-order valence-electron chi connectivity index (χ4n) is 2.46. The Morgan fingerprint density at radius 2 is 1.59 bits per heavy atom. The maximum absolute atomic E-state index is 12.5. The Morgan fingerprint density at radius 1 is 0.955 bits per heavy atom. The Bertz CT molecular complexity index is 632. The molecule has 120 valence electrons. The highest BCUT2D eigenvalue weighted by atomic mass is 32.2. The van der Waals surface area contributed by atoms with Crippen LogP contribution in [0.2, 0.25) is 0 Å². The standard InChI is InChI=1S/C14H18N2O5S/c17-14(15-5-8-21-11-15)12-1-3-13(4-2-12)22(18,19)16-6-9-20-10-7-16/h1-4H,5-11H2. The van der Waals surface area contributed by atoms with Gasteiger partial charge >= 0.3 is 0 Å². The molecule has 0 N–H and O–H groups in total. The SMILES string of the molecule is O=C(c1ccc(S(=O)(=O)N2CCOCC2)cc1)N1CCOC1. The summed E-state index contributed by atoms with van der Waals surface area (Å²) in [4.78, 5) is 14.0. The van der Waals surface area contributed by atoms with Crippen molar-refractivity contribution in [3.8, 4) is 0 Å². The Hall–Kier alpha value is -1.48. The van der Waals surface area contributed by atoms with Crippen LogP contribution in [0, 0.1) is 0 Å². The number of benzene rings is 1. The average molecular weight is 326 g/mol. The van der Waals surface area contributed by atoms with Gasteiger partial charge in [0.2, 0.25) is 10.0 Å². The van der Waals surface area contributed by atoms with Crippen molar-refractivity contribution in [2.45, 2.75) is 4.90 Å². The highest BCUT2D eigenvalue weighted by Crippen LogP contribution is 2.18. The van der Waals surface area contributed by atoms with Gasteiger partial charge in [0.05, 0.1) is 24.7 Å². The summed E-state index contributed by atoms with van der Waals surface area (Å²) in [5.74, 6) is -0.146. The Morgan fingerprint density at radius 3 is 2.18 bits per heavy atom. The van der Waals surface area contributed by atoms with E-state index in [2.05, 4.69) is 0 Å². The monoisotopic (exact) mass is 326 g/mol. The van der Waals surface area contributed by atoms with Gasteiger partial charge in [0.25, 0.3) is 5.91 Å². The minimum absolute atomic E-state index is 0.146. The van der Waals surface area contributed by atoms with Crippen LogP contribution < -0.4 is 0 Å². The Labute approximate surface area is 129 Å². The smallest absolute Gasteiger partial charge is 0.255 e. The molecule has 0 spiro atoms. The van der Waals surface area contributed by atoms with Gasteiger partial charge < -0.3 is 14.4 Å². The van der Waals surface area contributed by atoms with Gasteiger partial charge in [-0.15, -0.1) is 0 Å². The van der Waals surface area contributed by atoms with E-state index in [1.165, 1.54) is 16.4 Å². The Kier molecular flexibility index (Phi) is 4.44. The van der Waals surface area contributed by atoms with E-state index in [0.29, 0.717) is 45.0 Å². The zero-order valence-electron chi connectivity index (χ0n) is 12.1. The van der Waals surface area contributed by atoms with Crippen molar-refractivity contribution in [3.05, 3.63) is 29.8 Å². The molecule has 0 saturated carbocycles. The molecule has 7 nitrogen and oxygen atoms in total. The van der Waals surface area contributed by atoms with E-state index in [1.807, 2.05) is 0 Å². The molecule has 0 unspecified atom stereocenters. The summed E-state index contributed by atoms with van der Waals surface area (Å²) in [6.45, 7) is 2.91. The molecule has 0 atom stereocenters. The van der Waals surface area contributed by atoms with Crippen molar-refractivity contribution in [1.82, 2.24) is 9.21 Å². The maximum atomic E-state index is 12.5. The van der Waals surface area contributed by atoms with Crippen molar-refractivity contribution in [2.24, 2.45) is 0 Å². The van der Waals surface area contributed by atoms with E-state index < -0.39 is 10.0 Å². The first kappa shape index (κ1) is 15.4. The molecule has 2 aliphatic heterocycles. The summed E-state index contributed by atoms with van der Waals surface area (Å²) in [7, 11) is -3.52. The largest absolute Gasteiger partial charge is 0.379 e. The van der Waals surface area contributed by atoms with Crippen LogP contribution in [0.3, 0.4) is 0 Å². The van der Waals surface area contributed by atoms with E-state index in [1.54, 1.807) is 17.0 Å². The van der Waals surface area contributed by atoms with Gasteiger partial charge in [0.1, 0.15) is 6.73 Å². The number of morpholine rings is 1. The summed E-state index contributed by atoms with van der Waals surface area (Å²) in [6.07, 6.45) is 0. The molecule has 1 amide bonds. The number of amides is 1. The second-order valence-corrected chi connectivity index (χ2v) is 7.08. The van der Waals surface area contributed by atoms with Gasteiger partial charge in [-0.3, -0.25) is 4.79 Å². The first-order valence-corrected chi connectivity index (χ1v) is 8.58. The molecule has 2 saturated heterocycles. The number of hydrogen-bond acceptors (Lipinski definition) is 5. The summed E-state index contributed by atoms with van der Waals surface area (Å²) in [5, 5.41) is 0. The number of hydrogen-bond donors (Lipinski definition) is 0. The lowest BCUT2D eigenvalue weighted by Crippen LogP contribution is -2.40. The van der Waals surface area contributed by atoms with Gasteiger partial charge in [-0.2, -0.15) is 4.31 Å². The van der Waals surface area contributed by atoms with Crippen LogP contribution in [-0.4, -0.2) is 69.7 Å². The molecule has 2 heterocycles. The second kappa shape index (κ2) is 6.33. The first-order chi connectivity index (χ1) is 10.6. The van der Waals surface area contributed by atoms with Crippen LogP contribution in [0.15, 0.2) is 29.2 Å². The van der Waals surface area contributed by atoms with Crippen molar-refractivity contribution in [2.75, 3.05) is 46.2 Å². The fraction of sp³-hybridized carbons (Fsp3) is 0.500. The Balaban J connectivity index is 1.77. The van der Waals surface area contributed by atoms with E-state index in [4.69, 9.17) is 9.47 Å². The third-order valence-corrected chi connectivity index (χ3v) is 5.66. The van der Waals surface area contributed by atoms with Crippen molar-refractivity contribution >= 4 is 15.9 Å². The van der Waals surface area contributed by atoms with Crippen molar-refractivity contribution in [1.29, 1.82) is 0 Å². The number of nitrogens with zero attached hydrogens (tertiary/aromatic N) is 2. The molecule has 2 fully saturated rings. The number of sulfonamides is 1. The third kappa shape index (κ3) is 3.00. The minimum atomic E-state index is -3.52. The quantitative estimate of drug-likeness (QED) is 0.790. The van der Waals surface area contributed by atoms with E-state index in [0.717, 1.165) is 0 Å². The van der Waals surface area contributed by atoms with Crippen molar-refractivity contribution < 1.29 is 22.7 Å². The lowest BCUT2D eigenvalue weighted by molar-refractivity contribution is 0.0695. The number of carbonyl (C=O) groups is 1. The van der Waals surface area contributed by atoms with Crippen LogP contribution in [0.25, 0.3) is 0 Å². The lowest BCUT2D eigenvalue weighted by atomic mass is 10.2. The van der Waals surface area contributed by atoms with Gasteiger partial charge in [0, 0.05) is 25.2 Å². The summed E-state index contributed by atoms with van der Waals surface area (Å²) >= 11 is 0. The van der Waals surface area contributed by atoms with Crippen LogP contribution in [0.5, 0.6) is 0 Å². The predicted molar refractivity (Wildman–Crippen MR) is 77.9 cm³/mol. The zero-order valence-corrected chi connectivity index (χ0v) is 12.9. The van der Waals surface area contributed by atoms with Gasteiger partial charge in [0.15, 0.2) is 0 Å². The molecule has 22 heavy (non-hydrogen) atoms. The molecule has 8 heteroatoms. The number of carbonyl (C=O) groups excluding carboxylic acids is 1. The van der Waals surface area contributed by atoms with Crippen LogP contribution in [-0.2, 0) is 19.5 Å². The summed E-state index contributed by atoms with van der Waals surface area (Å²) in [5.41, 5.74) is 0.464. The van der Waals surface area contributed by atoms with Gasteiger partial charge in [-0.05, 0) is 24.3 Å². The molecule has 0 bridgehead atoms. The summed E-state index contributed by atoms with van der Waals surface area (Å²) < 4.78 is 36.7. The normalized spacial score (nSPS) is 20.3. The molecular formula is C14H18N2O5S. The zero-order chi connectivity index (χ0) is 15.6. The van der Waals surface area contributed by atoms with E-state index in [-0.39, 0.29) is 17.5 Å². The molecule has 0 aromatic heterocycles. The molecule has 0 aliphatic carbocycles. The van der Waals surface area contributed by atoms with Crippen molar-refractivity contribution in [3.63, 3.8) is 0 Å². The highest BCUT2D eigenvalue weighted by molar-refractivity contribution is 7.89. The van der Waals surface area contributed by atoms with Crippen LogP contribution >= 0.6 is 0 Å². The maximum Gasteiger partial charge on any atom is 0.255 e. The highest BCUT2D eigenvalue weighted by Gasteiger charge is 2.27. The molecular weight excluding hydrogens is 308 g/mol. The second-order valence-electron chi connectivity index (χ2n) is 5.15. The average Bonchev–Trinajstić information content (AvgIpc) is 3.09.